The van der Waals surface area contributed by atoms with Gasteiger partial charge in [-0.25, -0.2) is 4.39 Å². The van der Waals surface area contributed by atoms with Crippen molar-refractivity contribution in [2.45, 2.75) is 19.3 Å². The average molecular weight is 489 g/mol. The third-order valence-electron chi connectivity index (χ3n) is 2.29. The van der Waals surface area contributed by atoms with E-state index in [4.69, 9.17) is 10.8 Å². The molecule has 0 heterocycles. The number of nitrogens with one attached hydrogen (secondary N) is 1. The predicted molar refractivity (Wildman–Crippen MR) is 60.9 cm³/mol. The molecule has 0 bridgehead atoms. The van der Waals surface area contributed by atoms with E-state index in [1.807, 2.05) is 0 Å². The SMILES string of the molecule is CC(F)(F)C(=O)Nc1ccc(N)c(CCO)c1F.[Ac]. The summed E-state index contributed by atoms with van der Waals surface area (Å²) in [5, 5.41) is 10.5. The zero-order chi connectivity index (χ0) is 13.9. The first kappa shape index (κ1) is 18.7. The minimum absolute atomic E-state index is 0. The molecule has 1 rings (SSSR count). The Bertz CT molecular complexity index is 464. The number of carbonyl (C=O) groups excluding carboxylic acids is 1. The van der Waals surface area contributed by atoms with Crippen LogP contribution in [0.5, 0.6) is 0 Å². The molecule has 0 fully saturated rings. The number of hydrogen-bond acceptors (Lipinski definition) is 3. The van der Waals surface area contributed by atoms with Crippen molar-refractivity contribution in [2.24, 2.45) is 0 Å². The number of hydrogen-bond donors (Lipinski definition) is 3. The van der Waals surface area contributed by atoms with Gasteiger partial charge in [0.05, 0.1) is 5.69 Å². The molecule has 19 heavy (non-hydrogen) atoms. The summed E-state index contributed by atoms with van der Waals surface area (Å²) in [6.07, 6.45) is -0.0656. The van der Waals surface area contributed by atoms with Crippen LogP contribution in [0.2, 0.25) is 0 Å². The van der Waals surface area contributed by atoms with Crippen molar-refractivity contribution in [1.82, 2.24) is 0 Å². The first-order valence-corrected chi connectivity index (χ1v) is 5.14. The number of halogens is 3. The molecule has 1 aromatic carbocycles. The monoisotopic (exact) mass is 489 g/mol. The maximum atomic E-state index is 13.8. The van der Waals surface area contributed by atoms with E-state index in [0.717, 1.165) is 6.07 Å². The second-order valence-corrected chi connectivity index (χ2v) is 3.81. The Labute approximate surface area is 144 Å². The topological polar surface area (TPSA) is 75.4 Å². The van der Waals surface area contributed by atoms with Crippen molar-refractivity contribution < 1.29 is 67.1 Å². The van der Waals surface area contributed by atoms with E-state index in [-0.39, 0.29) is 74.0 Å². The Kier molecular flexibility index (Phi) is 7.34. The van der Waals surface area contributed by atoms with Gasteiger partial charge in [0.2, 0.25) is 0 Å². The van der Waals surface area contributed by atoms with Crippen LogP contribution in [-0.2, 0) is 11.2 Å². The quantitative estimate of drug-likeness (QED) is 0.562. The summed E-state index contributed by atoms with van der Waals surface area (Å²) in [4.78, 5) is 11.0. The first-order valence-electron chi connectivity index (χ1n) is 5.14. The van der Waals surface area contributed by atoms with Gasteiger partial charge >= 0.3 is 5.92 Å². The zero-order valence-electron chi connectivity index (χ0n) is 10.2. The van der Waals surface area contributed by atoms with Gasteiger partial charge in [-0.15, -0.1) is 0 Å². The van der Waals surface area contributed by atoms with Gasteiger partial charge in [0.1, 0.15) is 0 Å². The fraction of sp³-hybridized carbons (Fsp3) is 0.364. The fourth-order valence-electron chi connectivity index (χ4n) is 1.33. The van der Waals surface area contributed by atoms with E-state index >= 15 is 0 Å². The number of carbonyl (C=O) groups is 1. The molecular weight excluding hydrogens is 476 g/mol. The maximum absolute atomic E-state index is 13.8. The van der Waals surface area contributed by atoms with Crippen molar-refractivity contribution in [3.8, 4) is 0 Å². The van der Waals surface area contributed by atoms with Crippen LogP contribution in [0.15, 0.2) is 12.1 Å². The van der Waals surface area contributed by atoms with Gasteiger partial charge in [0, 0.05) is 75.3 Å². The van der Waals surface area contributed by atoms with Crippen LogP contribution in [-0.4, -0.2) is 23.5 Å². The van der Waals surface area contributed by atoms with Crippen LogP contribution in [0.3, 0.4) is 0 Å². The summed E-state index contributed by atoms with van der Waals surface area (Å²) >= 11 is 0. The van der Waals surface area contributed by atoms with E-state index in [9.17, 15) is 18.0 Å². The standard InChI is InChI=1S/C11H13F3N2O2.Ac/c1-11(13,14)10(18)16-8-3-2-7(15)6(4-5-17)9(8)12;/h2-3,17H,4-5,15H2,1H3,(H,16,18);. The summed E-state index contributed by atoms with van der Waals surface area (Å²) in [5.41, 5.74) is 5.16. The van der Waals surface area contributed by atoms with Crippen molar-refractivity contribution in [1.29, 1.82) is 0 Å². The largest absolute Gasteiger partial charge is 0.398 e. The summed E-state index contributed by atoms with van der Waals surface area (Å²) in [5.74, 6) is -6.13. The Morgan fingerprint density at radius 3 is 2.53 bits per heavy atom. The Hall–Kier alpha value is -0.318. The fourth-order valence-corrected chi connectivity index (χ4v) is 1.33. The summed E-state index contributed by atoms with van der Waals surface area (Å²) in [6.45, 7) is 0.0641. The second kappa shape index (κ2) is 7.46. The van der Waals surface area contributed by atoms with E-state index in [2.05, 4.69) is 0 Å². The normalized spacial score (nSPS) is 10.8. The number of alkyl halides is 2. The van der Waals surface area contributed by atoms with Gasteiger partial charge in [-0.1, -0.05) is 0 Å². The summed E-state index contributed by atoms with van der Waals surface area (Å²) in [6, 6.07) is 2.37. The van der Waals surface area contributed by atoms with Crippen LogP contribution in [0.1, 0.15) is 12.5 Å². The molecule has 4 N–H and O–H groups in total. The molecule has 103 valence electrons. The van der Waals surface area contributed by atoms with Gasteiger partial charge in [0.15, 0.2) is 5.82 Å². The van der Waals surface area contributed by atoms with E-state index in [1.165, 1.54) is 6.07 Å². The Morgan fingerprint density at radius 2 is 2.05 bits per heavy atom. The summed E-state index contributed by atoms with van der Waals surface area (Å²) < 4.78 is 39.1. The molecule has 1 radical (unpaired) electrons. The van der Waals surface area contributed by atoms with E-state index < -0.39 is 17.6 Å². The van der Waals surface area contributed by atoms with Gasteiger partial charge in [-0.05, 0) is 12.1 Å². The maximum Gasteiger partial charge on any atom is 0.322 e. The number of nitrogens with two attached hydrogens (primary N) is 1. The van der Waals surface area contributed by atoms with Crippen molar-refractivity contribution in [3.05, 3.63) is 23.5 Å². The number of aliphatic hydroxyl groups is 1. The number of aliphatic hydroxyl groups excluding tert-OH is 1. The third-order valence-corrected chi connectivity index (χ3v) is 2.29. The molecule has 0 aliphatic rings. The molecule has 0 saturated heterocycles. The molecule has 0 aliphatic heterocycles. The first-order chi connectivity index (χ1) is 8.27. The molecule has 8 heteroatoms. The molecule has 0 unspecified atom stereocenters. The van der Waals surface area contributed by atoms with Crippen molar-refractivity contribution >= 4 is 17.3 Å². The number of nitrogen functional groups attached to an aromatic ring is 1. The van der Waals surface area contributed by atoms with Crippen LogP contribution in [0.4, 0.5) is 24.5 Å². The Morgan fingerprint density at radius 1 is 1.47 bits per heavy atom. The Balaban J connectivity index is 0.00000324. The minimum atomic E-state index is -3.61. The number of rotatable bonds is 4. The van der Waals surface area contributed by atoms with Crippen LogP contribution < -0.4 is 11.1 Å². The second-order valence-electron chi connectivity index (χ2n) is 3.81. The molecular formula is C11H13AcF3N2O2. The molecule has 0 saturated carbocycles. The van der Waals surface area contributed by atoms with Gasteiger partial charge in [-0.3, -0.25) is 4.79 Å². The van der Waals surface area contributed by atoms with Crippen molar-refractivity contribution in [3.63, 3.8) is 0 Å². The zero-order valence-corrected chi connectivity index (χ0v) is 15.0. The molecule has 1 aromatic rings. The molecule has 0 spiro atoms. The predicted octanol–water partition coefficient (Wildman–Crippen LogP) is 1.54. The molecule has 0 aliphatic carbocycles. The number of benzene rings is 1. The number of amides is 1. The molecule has 1 amide bonds. The van der Waals surface area contributed by atoms with Crippen LogP contribution >= 0.6 is 0 Å². The smallest absolute Gasteiger partial charge is 0.322 e. The van der Waals surface area contributed by atoms with E-state index in [0.29, 0.717) is 6.92 Å². The van der Waals surface area contributed by atoms with E-state index in [1.54, 1.807) is 5.32 Å². The molecule has 0 atom stereocenters. The summed E-state index contributed by atoms with van der Waals surface area (Å²) in [7, 11) is 0. The van der Waals surface area contributed by atoms with Gasteiger partial charge in [0.25, 0.3) is 5.91 Å². The van der Waals surface area contributed by atoms with Crippen molar-refractivity contribution in [2.75, 3.05) is 17.7 Å². The molecule has 0 aromatic heterocycles. The van der Waals surface area contributed by atoms with Gasteiger partial charge in [-0.2, -0.15) is 8.78 Å². The van der Waals surface area contributed by atoms with Crippen LogP contribution in [0, 0.1) is 49.9 Å². The molecule has 4 nitrogen and oxygen atoms in total. The minimum Gasteiger partial charge on any atom is -0.398 e. The van der Waals surface area contributed by atoms with Gasteiger partial charge < -0.3 is 16.2 Å². The van der Waals surface area contributed by atoms with Crippen LogP contribution in [0.25, 0.3) is 0 Å². The average Bonchev–Trinajstić information content (AvgIpc) is 2.26. The third kappa shape index (κ3) is 4.94. The number of anilines is 2.